The van der Waals surface area contributed by atoms with Crippen LogP contribution in [0.2, 0.25) is 0 Å². The summed E-state index contributed by atoms with van der Waals surface area (Å²) in [5.74, 6) is 0.762. The number of aliphatic imine (C=N–C) groups is 1. The molecular formula is C19H41IN6O2. The van der Waals surface area contributed by atoms with E-state index in [1.54, 1.807) is 0 Å². The summed E-state index contributed by atoms with van der Waals surface area (Å²) in [6, 6.07) is 0.445. The number of alkyl carbamates (subject to hydrolysis) is 1. The summed E-state index contributed by atoms with van der Waals surface area (Å²) >= 11 is 0. The molecule has 9 heteroatoms. The van der Waals surface area contributed by atoms with Crippen molar-refractivity contribution in [3.05, 3.63) is 0 Å². The lowest BCUT2D eigenvalue weighted by molar-refractivity contribution is 0.0476. The minimum absolute atomic E-state index is 0. The molecule has 0 saturated carbocycles. The summed E-state index contributed by atoms with van der Waals surface area (Å²) in [7, 11) is 4.32. The van der Waals surface area contributed by atoms with Crippen LogP contribution in [-0.2, 0) is 4.74 Å². The lowest BCUT2D eigenvalue weighted by atomic mass is 10.1. The zero-order valence-electron chi connectivity index (χ0n) is 18.9. The molecule has 0 bridgehead atoms. The van der Waals surface area contributed by atoms with Gasteiger partial charge in [-0.05, 0) is 55.6 Å². The van der Waals surface area contributed by atoms with Gasteiger partial charge in [0.15, 0.2) is 5.96 Å². The molecule has 0 aromatic heterocycles. The van der Waals surface area contributed by atoms with Crippen LogP contribution in [0.4, 0.5) is 4.79 Å². The Balaban J connectivity index is 0.00000729. The van der Waals surface area contributed by atoms with Gasteiger partial charge in [0.25, 0.3) is 0 Å². The van der Waals surface area contributed by atoms with Gasteiger partial charge in [0.2, 0.25) is 0 Å². The number of hydrogen-bond donors (Lipinski definition) is 3. The summed E-state index contributed by atoms with van der Waals surface area (Å²) in [5, 5.41) is 9.60. The molecule has 1 fully saturated rings. The first-order valence-corrected chi connectivity index (χ1v) is 9.84. The van der Waals surface area contributed by atoms with Crippen molar-refractivity contribution in [2.24, 2.45) is 4.99 Å². The second-order valence-corrected chi connectivity index (χ2v) is 8.98. The van der Waals surface area contributed by atoms with Gasteiger partial charge in [0.05, 0.1) is 12.1 Å². The maximum absolute atomic E-state index is 12.0. The van der Waals surface area contributed by atoms with Crippen molar-refractivity contribution in [1.29, 1.82) is 0 Å². The Morgan fingerprint density at radius 3 is 2.36 bits per heavy atom. The minimum Gasteiger partial charge on any atom is -0.444 e. The van der Waals surface area contributed by atoms with Crippen LogP contribution in [0.5, 0.6) is 0 Å². The number of rotatable bonds is 6. The smallest absolute Gasteiger partial charge is 0.408 e. The molecule has 28 heavy (non-hydrogen) atoms. The summed E-state index contributed by atoms with van der Waals surface area (Å²) in [4.78, 5) is 21.4. The molecule has 1 saturated heterocycles. The van der Waals surface area contributed by atoms with Gasteiger partial charge in [-0.25, -0.2) is 4.79 Å². The molecule has 0 aromatic carbocycles. The molecule has 8 nitrogen and oxygen atoms in total. The number of ether oxygens (including phenoxy) is 1. The summed E-state index contributed by atoms with van der Waals surface area (Å²) < 4.78 is 5.34. The van der Waals surface area contributed by atoms with E-state index in [0.29, 0.717) is 12.6 Å². The largest absolute Gasteiger partial charge is 0.444 e. The summed E-state index contributed by atoms with van der Waals surface area (Å²) in [6.45, 7) is 16.7. The van der Waals surface area contributed by atoms with Crippen LogP contribution in [0.3, 0.4) is 0 Å². The second kappa shape index (κ2) is 12.0. The predicted molar refractivity (Wildman–Crippen MR) is 127 cm³/mol. The van der Waals surface area contributed by atoms with E-state index in [1.165, 1.54) is 0 Å². The van der Waals surface area contributed by atoms with Gasteiger partial charge in [-0.1, -0.05) is 0 Å². The highest BCUT2D eigenvalue weighted by Gasteiger charge is 2.25. The Morgan fingerprint density at radius 2 is 1.79 bits per heavy atom. The third kappa shape index (κ3) is 11.3. The maximum atomic E-state index is 12.0. The monoisotopic (exact) mass is 512 g/mol. The standard InChI is InChI=1S/C19H40N6O2.HI/c1-9-20-16(21-12-15-13-24(7)10-11-25(15)8)22-14-19(5,6)23-17(26)27-18(2,3)4;/h15H,9-14H2,1-8H3,(H,23,26)(H2,20,21,22);1H. The van der Waals surface area contributed by atoms with Crippen LogP contribution in [-0.4, -0.2) is 92.4 Å². The average Bonchev–Trinajstić information content (AvgIpc) is 2.50. The van der Waals surface area contributed by atoms with Crippen molar-refractivity contribution >= 4 is 36.0 Å². The molecule has 1 atom stereocenters. The zero-order valence-corrected chi connectivity index (χ0v) is 21.2. The van der Waals surface area contributed by atoms with E-state index in [1.807, 2.05) is 41.5 Å². The third-order valence-electron chi connectivity index (χ3n) is 4.30. The van der Waals surface area contributed by atoms with Crippen LogP contribution in [0.1, 0.15) is 41.5 Å². The molecule has 1 amide bonds. The lowest BCUT2D eigenvalue weighted by Crippen LogP contribution is -2.55. The van der Waals surface area contributed by atoms with Crippen molar-refractivity contribution in [3.8, 4) is 0 Å². The fourth-order valence-electron chi connectivity index (χ4n) is 2.77. The van der Waals surface area contributed by atoms with E-state index in [-0.39, 0.29) is 24.0 Å². The molecular weight excluding hydrogens is 471 g/mol. The molecule has 1 aliphatic heterocycles. The molecule has 1 aliphatic rings. The second-order valence-electron chi connectivity index (χ2n) is 8.98. The number of amides is 1. The lowest BCUT2D eigenvalue weighted by Gasteiger charge is -2.38. The van der Waals surface area contributed by atoms with Crippen molar-refractivity contribution < 1.29 is 9.53 Å². The van der Waals surface area contributed by atoms with E-state index in [9.17, 15) is 4.79 Å². The number of likely N-dealkylation sites (N-methyl/N-ethyl adjacent to an activating group) is 2. The summed E-state index contributed by atoms with van der Waals surface area (Å²) in [6.07, 6.45) is -0.424. The van der Waals surface area contributed by atoms with Crippen LogP contribution >= 0.6 is 24.0 Å². The Bertz CT molecular complexity index is 507. The van der Waals surface area contributed by atoms with Crippen LogP contribution < -0.4 is 16.0 Å². The van der Waals surface area contributed by atoms with Crippen LogP contribution in [0.25, 0.3) is 0 Å². The fourth-order valence-corrected chi connectivity index (χ4v) is 2.77. The third-order valence-corrected chi connectivity index (χ3v) is 4.30. The summed E-state index contributed by atoms with van der Waals surface area (Å²) in [5.41, 5.74) is -1.02. The van der Waals surface area contributed by atoms with E-state index in [0.717, 1.165) is 38.7 Å². The average molecular weight is 512 g/mol. The first-order chi connectivity index (χ1) is 12.4. The van der Waals surface area contributed by atoms with Crippen molar-refractivity contribution in [2.75, 3.05) is 53.4 Å². The van der Waals surface area contributed by atoms with E-state index in [4.69, 9.17) is 4.74 Å². The van der Waals surface area contributed by atoms with E-state index in [2.05, 4.69) is 44.8 Å². The predicted octanol–water partition coefficient (Wildman–Crippen LogP) is 1.71. The normalized spacial score (nSPS) is 19.6. The Kier molecular flexibility index (Phi) is 11.7. The van der Waals surface area contributed by atoms with Gasteiger partial charge in [-0.2, -0.15) is 0 Å². The highest BCUT2D eigenvalue weighted by atomic mass is 127. The molecule has 166 valence electrons. The van der Waals surface area contributed by atoms with Crippen molar-refractivity contribution in [1.82, 2.24) is 25.8 Å². The number of carbonyl (C=O) groups excluding carboxylic acids is 1. The molecule has 0 spiro atoms. The number of hydrogen-bond acceptors (Lipinski definition) is 5. The first kappa shape index (κ1) is 27.2. The number of guanidine groups is 1. The molecule has 1 rings (SSSR count). The van der Waals surface area contributed by atoms with Gasteiger partial charge < -0.3 is 25.6 Å². The molecule has 0 aromatic rings. The van der Waals surface area contributed by atoms with Crippen molar-refractivity contribution in [3.63, 3.8) is 0 Å². The number of nitrogens with one attached hydrogen (secondary N) is 3. The number of carbonyl (C=O) groups is 1. The Labute approximate surface area is 188 Å². The number of nitrogens with zero attached hydrogens (tertiary/aromatic N) is 3. The molecule has 3 N–H and O–H groups in total. The van der Waals surface area contributed by atoms with Gasteiger partial charge in [-0.15, -0.1) is 24.0 Å². The van der Waals surface area contributed by atoms with Crippen molar-refractivity contribution in [2.45, 2.75) is 58.7 Å². The number of piperazine rings is 1. The van der Waals surface area contributed by atoms with Gasteiger partial charge >= 0.3 is 6.09 Å². The zero-order chi connectivity index (χ0) is 20.7. The Morgan fingerprint density at radius 1 is 1.14 bits per heavy atom. The topological polar surface area (TPSA) is 81.2 Å². The molecule has 1 heterocycles. The van der Waals surface area contributed by atoms with Gasteiger partial charge in [0.1, 0.15) is 5.60 Å². The van der Waals surface area contributed by atoms with Crippen LogP contribution in [0.15, 0.2) is 4.99 Å². The highest BCUT2D eigenvalue weighted by Crippen LogP contribution is 2.10. The van der Waals surface area contributed by atoms with Crippen LogP contribution in [0, 0.1) is 0 Å². The highest BCUT2D eigenvalue weighted by molar-refractivity contribution is 14.0. The van der Waals surface area contributed by atoms with E-state index >= 15 is 0 Å². The quantitative estimate of drug-likeness (QED) is 0.286. The van der Waals surface area contributed by atoms with Gasteiger partial charge in [-0.3, -0.25) is 9.89 Å². The van der Waals surface area contributed by atoms with Gasteiger partial charge in [0, 0.05) is 38.8 Å². The first-order valence-electron chi connectivity index (χ1n) is 9.84. The molecule has 1 unspecified atom stereocenters. The van der Waals surface area contributed by atoms with E-state index < -0.39 is 17.2 Å². The minimum atomic E-state index is -0.515. The fraction of sp³-hybridized carbons (Fsp3) is 0.895. The SMILES string of the molecule is CCNC(=NCC(C)(C)NC(=O)OC(C)(C)C)NCC1CN(C)CCN1C.I. The Hall–Kier alpha value is -0.810. The maximum Gasteiger partial charge on any atom is 0.408 e. The number of halogens is 1. The molecule has 0 aliphatic carbocycles. The molecule has 0 radical (unpaired) electrons.